The molecule has 0 saturated heterocycles. The van der Waals surface area contributed by atoms with Crippen LogP contribution in [0.1, 0.15) is 62.3 Å². The van der Waals surface area contributed by atoms with Crippen LogP contribution in [-0.2, 0) is 35.0 Å². The molecule has 0 aromatic heterocycles. The zero-order chi connectivity index (χ0) is 21.6. The molecule has 0 aliphatic heterocycles. The molecule has 0 saturated carbocycles. The topological polar surface area (TPSA) is 72.8 Å². The normalized spacial score (nSPS) is 7.68. The van der Waals surface area contributed by atoms with Gasteiger partial charge in [0.2, 0.25) is 16.6 Å². The van der Waals surface area contributed by atoms with Gasteiger partial charge in [0.1, 0.15) is 0 Å². The molecule has 6 nitrogen and oxygen atoms in total. The van der Waals surface area contributed by atoms with Gasteiger partial charge < -0.3 is 14.5 Å². The molecule has 0 unspecified atom stereocenters. The van der Waals surface area contributed by atoms with Crippen molar-refractivity contribution in [3.05, 3.63) is 54.2 Å². The average Bonchev–Trinajstić information content (AvgIpc) is 2.52. The monoisotopic (exact) mass is 431 g/mol. The molecule has 0 rings (SSSR count). The van der Waals surface area contributed by atoms with Gasteiger partial charge in [0.25, 0.3) is 0 Å². The third kappa shape index (κ3) is 171. The van der Waals surface area contributed by atoms with E-state index in [1.54, 1.807) is 0 Å². The first kappa shape index (κ1) is 43.6. The number of nitrogens with zero attached hydrogens (tertiary/aromatic N) is 3. The molecule has 138 valence electrons. The van der Waals surface area contributed by atoms with Gasteiger partial charge >= 0.3 is 33.9 Å². The van der Waals surface area contributed by atoms with Crippen molar-refractivity contribution >= 4 is 0 Å². The standard InChI is InChI=1S/3C5H9N.3CO.Mo/c3*1-5(2,3)6-4;3*1-2;/h3*1-3H3;;;;. The van der Waals surface area contributed by atoms with Gasteiger partial charge in [-0.1, -0.05) is 0 Å². The predicted molar refractivity (Wildman–Crippen MR) is 90.9 cm³/mol. The largest absolute Gasteiger partial charge is 0 e. The van der Waals surface area contributed by atoms with E-state index in [4.69, 9.17) is 33.7 Å². The van der Waals surface area contributed by atoms with E-state index in [2.05, 4.69) is 34.5 Å². The van der Waals surface area contributed by atoms with Gasteiger partial charge in [-0.05, 0) is 0 Å². The van der Waals surface area contributed by atoms with Crippen LogP contribution in [0.25, 0.3) is 14.5 Å². The van der Waals surface area contributed by atoms with Crippen LogP contribution in [0.5, 0.6) is 0 Å². The van der Waals surface area contributed by atoms with Crippen LogP contribution in [0.3, 0.4) is 0 Å². The van der Waals surface area contributed by atoms with E-state index < -0.39 is 0 Å². The number of hydrogen-bond donors (Lipinski definition) is 0. The minimum atomic E-state index is -0.167. The van der Waals surface area contributed by atoms with Crippen molar-refractivity contribution in [2.24, 2.45) is 0 Å². The van der Waals surface area contributed by atoms with Gasteiger partial charge in [-0.2, -0.15) is 0 Å². The van der Waals surface area contributed by atoms with Crippen LogP contribution < -0.4 is 0 Å². The Hall–Kier alpha value is -1.62. The molecular weight excluding hydrogens is 402 g/mol. The Morgan fingerprint density at radius 2 is 0.480 bits per heavy atom. The molecule has 0 spiro atoms. The van der Waals surface area contributed by atoms with Crippen molar-refractivity contribution in [1.82, 2.24) is 0 Å². The van der Waals surface area contributed by atoms with Crippen molar-refractivity contribution in [2.45, 2.75) is 78.9 Å². The molecular formula is C18H27MoN3O3. The van der Waals surface area contributed by atoms with Gasteiger partial charge in [0, 0.05) is 83.4 Å². The van der Waals surface area contributed by atoms with Gasteiger partial charge in [-0.25, -0.2) is 19.7 Å². The molecule has 0 bridgehead atoms. The van der Waals surface area contributed by atoms with E-state index in [0.717, 1.165) is 0 Å². The maximum absolute atomic E-state index is 7.50. The first-order valence-electron chi connectivity index (χ1n) is 6.45. The van der Waals surface area contributed by atoms with E-state index in [1.165, 1.54) is 0 Å². The zero-order valence-corrected chi connectivity index (χ0v) is 18.5. The third-order valence-corrected chi connectivity index (χ3v) is 1.01. The molecule has 0 heterocycles. The molecule has 0 aliphatic carbocycles. The van der Waals surface area contributed by atoms with E-state index in [9.17, 15) is 0 Å². The minimum absolute atomic E-state index is 0. The summed E-state index contributed by atoms with van der Waals surface area (Å²) in [5, 5.41) is 0. The maximum atomic E-state index is 7.50. The molecule has 0 aromatic rings. The fraction of sp³-hybridized carbons (Fsp3) is 0.667. The molecule has 0 aromatic carbocycles. The molecule has 0 aliphatic rings. The summed E-state index contributed by atoms with van der Waals surface area (Å²) in [6.45, 7) is 49.9. The smallest absolute Gasteiger partial charge is 0 e. The van der Waals surface area contributed by atoms with Gasteiger partial charge in [-0.3, -0.25) is 0 Å². The minimum Gasteiger partial charge on any atom is 0 e. The predicted octanol–water partition coefficient (Wildman–Crippen LogP) is 5.00. The van der Waals surface area contributed by atoms with Crippen molar-refractivity contribution in [3.63, 3.8) is 0 Å². The molecule has 0 amide bonds. The summed E-state index contributed by atoms with van der Waals surface area (Å²) in [5.41, 5.74) is -0.500. The molecule has 0 atom stereocenters. The Labute approximate surface area is 168 Å². The summed E-state index contributed by atoms with van der Waals surface area (Å²) in [5.74, 6) is 0. The molecule has 0 radical (unpaired) electrons. The maximum Gasteiger partial charge on any atom is 0 e. The number of rotatable bonds is 0. The molecule has 7 heteroatoms. The van der Waals surface area contributed by atoms with E-state index in [-0.39, 0.29) is 37.7 Å². The summed E-state index contributed by atoms with van der Waals surface area (Å²) >= 11 is 0. The van der Waals surface area contributed by atoms with Gasteiger partial charge in [0.15, 0.2) is 0 Å². The van der Waals surface area contributed by atoms with Gasteiger partial charge in [0.05, 0.1) is 0 Å². The van der Waals surface area contributed by atoms with E-state index in [0.29, 0.717) is 0 Å². The van der Waals surface area contributed by atoms with Crippen molar-refractivity contribution in [3.8, 4) is 0 Å². The summed E-state index contributed by atoms with van der Waals surface area (Å²) < 4.78 is 22.5. The Morgan fingerprint density at radius 3 is 0.480 bits per heavy atom. The Balaban J connectivity index is -0.0000000331. The first-order valence-corrected chi connectivity index (χ1v) is 6.45. The summed E-state index contributed by atoms with van der Waals surface area (Å²) in [6.07, 6.45) is 0. The summed E-state index contributed by atoms with van der Waals surface area (Å²) in [7, 11) is 0. The fourth-order valence-corrected chi connectivity index (χ4v) is 0. The Morgan fingerprint density at radius 1 is 0.440 bits per heavy atom. The second-order valence-corrected chi connectivity index (χ2v) is 6.85. The zero-order valence-electron chi connectivity index (χ0n) is 16.5. The van der Waals surface area contributed by atoms with Crippen molar-refractivity contribution in [2.75, 3.05) is 0 Å². The average molecular weight is 429 g/mol. The van der Waals surface area contributed by atoms with Crippen LogP contribution in [0.15, 0.2) is 0 Å². The second-order valence-electron chi connectivity index (χ2n) is 6.85. The summed E-state index contributed by atoms with van der Waals surface area (Å²) in [6, 6.07) is 0. The second kappa shape index (κ2) is 27.2. The van der Waals surface area contributed by atoms with Crippen molar-refractivity contribution in [1.29, 1.82) is 0 Å². The SMILES string of the molecule is [C-]#[N+]C(C)(C)C.[C-]#[N+]C(C)(C)C.[C-]#[N+]C(C)(C)C.[C-]#[O+].[C-]#[O+].[C-]#[O+].[Mo]. The third-order valence-electron chi connectivity index (χ3n) is 1.01. The Bertz CT molecular complexity index is 383. The van der Waals surface area contributed by atoms with Gasteiger partial charge in [-0.15, -0.1) is 0 Å². The first-order chi connectivity index (χ1) is 10.7. The number of hydrogen-bond acceptors (Lipinski definition) is 0. The quantitative estimate of drug-likeness (QED) is 0.295. The van der Waals surface area contributed by atoms with Crippen molar-refractivity contribution < 1.29 is 35.0 Å². The van der Waals surface area contributed by atoms with Crippen LogP contribution in [0.4, 0.5) is 0 Å². The molecule has 0 N–H and O–H groups in total. The van der Waals surface area contributed by atoms with E-state index in [1.807, 2.05) is 62.3 Å². The summed E-state index contributed by atoms with van der Waals surface area (Å²) in [4.78, 5) is 9.81. The fourth-order valence-electron chi connectivity index (χ4n) is 0. The van der Waals surface area contributed by atoms with E-state index >= 15 is 0 Å². The van der Waals surface area contributed by atoms with Crippen LogP contribution >= 0.6 is 0 Å². The Kier molecular flexibility index (Phi) is 47.5. The van der Waals surface area contributed by atoms with Crippen LogP contribution in [-0.4, -0.2) is 16.6 Å². The van der Waals surface area contributed by atoms with Crippen LogP contribution in [0.2, 0.25) is 0 Å². The molecule has 0 fully saturated rings. The van der Waals surface area contributed by atoms with Crippen LogP contribution in [0, 0.1) is 39.7 Å². The molecule has 25 heavy (non-hydrogen) atoms.